The highest BCUT2D eigenvalue weighted by Gasteiger charge is 2.21. The maximum atomic E-state index is 13.8. The van der Waals surface area contributed by atoms with Crippen molar-refractivity contribution in [2.45, 2.75) is 25.9 Å². The number of nitrogens with zero attached hydrogens (tertiary/aromatic N) is 3. The number of rotatable bonds is 4. The third-order valence-corrected chi connectivity index (χ3v) is 5.30. The highest BCUT2D eigenvalue weighted by Crippen LogP contribution is 2.21. The SMILES string of the molecule is O=c1c2ccccc2ncn1CC1CCN(Cc2cc(F)ccc2F)CC1. The van der Waals surface area contributed by atoms with E-state index in [1.807, 2.05) is 18.2 Å². The standard InChI is InChI=1S/C21H21F2N3O/c22-17-5-6-19(23)16(11-17)13-25-9-7-15(8-10-25)12-26-14-24-20-4-2-1-3-18(20)21(26)27/h1-6,11,14-15H,7-10,12-13H2. The Balaban J connectivity index is 1.39. The first-order valence-electron chi connectivity index (χ1n) is 9.20. The van der Waals surface area contributed by atoms with Crippen LogP contribution in [0.1, 0.15) is 18.4 Å². The summed E-state index contributed by atoms with van der Waals surface area (Å²) in [6.07, 6.45) is 3.45. The summed E-state index contributed by atoms with van der Waals surface area (Å²) in [6.45, 7) is 2.65. The molecule has 0 N–H and O–H groups in total. The third-order valence-electron chi connectivity index (χ3n) is 5.30. The molecule has 1 saturated heterocycles. The van der Waals surface area contributed by atoms with Gasteiger partial charge in [0.1, 0.15) is 11.6 Å². The Labute approximate surface area is 156 Å². The Kier molecular flexibility index (Phi) is 4.99. The van der Waals surface area contributed by atoms with E-state index in [1.165, 1.54) is 12.1 Å². The number of hydrogen-bond acceptors (Lipinski definition) is 3. The molecule has 0 spiro atoms. The Morgan fingerprint density at radius 2 is 1.85 bits per heavy atom. The normalized spacial score (nSPS) is 16.1. The van der Waals surface area contributed by atoms with E-state index in [-0.39, 0.29) is 11.4 Å². The number of fused-ring (bicyclic) bond motifs is 1. The lowest BCUT2D eigenvalue weighted by Gasteiger charge is -2.32. The van der Waals surface area contributed by atoms with Crippen molar-refractivity contribution in [1.82, 2.24) is 14.5 Å². The van der Waals surface area contributed by atoms with Gasteiger partial charge in [-0.15, -0.1) is 0 Å². The predicted octanol–water partition coefficient (Wildman–Crippen LogP) is 3.59. The third kappa shape index (κ3) is 3.90. The van der Waals surface area contributed by atoms with E-state index < -0.39 is 5.82 Å². The summed E-state index contributed by atoms with van der Waals surface area (Å²) in [6, 6.07) is 10.9. The summed E-state index contributed by atoms with van der Waals surface area (Å²) in [5, 5.41) is 0.638. The average molecular weight is 369 g/mol. The first-order valence-corrected chi connectivity index (χ1v) is 9.20. The molecule has 0 saturated carbocycles. The Hall–Kier alpha value is -2.60. The van der Waals surface area contributed by atoms with E-state index >= 15 is 0 Å². The van der Waals surface area contributed by atoms with Crippen LogP contribution in [0.4, 0.5) is 8.78 Å². The van der Waals surface area contributed by atoms with E-state index in [0.29, 0.717) is 35.5 Å². The molecule has 1 aliphatic rings. The van der Waals surface area contributed by atoms with Crippen LogP contribution in [0.25, 0.3) is 10.9 Å². The van der Waals surface area contributed by atoms with Crippen LogP contribution in [-0.2, 0) is 13.1 Å². The number of hydrogen-bond donors (Lipinski definition) is 0. The second-order valence-corrected chi connectivity index (χ2v) is 7.17. The Bertz CT molecular complexity index is 1010. The van der Waals surface area contributed by atoms with Crippen molar-refractivity contribution in [3.63, 3.8) is 0 Å². The molecule has 1 fully saturated rings. The van der Waals surface area contributed by atoms with E-state index in [9.17, 15) is 13.6 Å². The van der Waals surface area contributed by atoms with Crippen molar-refractivity contribution < 1.29 is 8.78 Å². The number of piperidine rings is 1. The van der Waals surface area contributed by atoms with Crippen LogP contribution in [0.15, 0.2) is 53.6 Å². The van der Waals surface area contributed by atoms with E-state index in [2.05, 4.69) is 9.88 Å². The van der Waals surface area contributed by atoms with Crippen LogP contribution in [0.3, 0.4) is 0 Å². The molecule has 0 radical (unpaired) electrons. The molecule has 2 heterocycles. The molecule has 2 aromatic carbocycles. The second-order valence-electron chi connectivity index (χ2n) is 7.17. The largest absolute Gasteiger partial charge is 0.299 e. The van der Waals surface area contributed by atoms with Gasteiger partial charge < -0.3 is 0 Å². The van der Waals surface area contributed by atoms with Gasteiger partial charge in [0.2, 0.25) is 0 Å². The van der Waals surface area contributed by atoms with Gasteiger partial charge in [0.25, 0.3) is 5.56 Å². The first kappa shape index (κ1) is 17.8. The van der Waals surface area contributed by atoms with Crippen LogP contribution >= 0.6 is 0 Å². The number of aromatic nitrogens is 2. The molecule has 140 valence electrons. The van der Waals surface area contributed by atoms with Gasteiger partial charge in [-0.05, 0) is 62.2 Å². The molecule has 3 aromatic rings. The van der Waals surface area contributed by atoms with Gasteiger partial charge in [0, 0.05) is 18.7 Å². The van der Waals surface area contributed by atoms with Gasteiger partial charge in [-0.3, -0.25) is 14.3 Å². The molecular weight excluding hydrogens is 348 g/mol. The minimum Gasteiger partial charge on any atom is -0.299 e. The molecule has 1 aromatic heterocycles. The molecule has 4 nitrogen and oxygen atoms in total. The summed E-state index contributed by atoms with van der Waals surface area (Å²) in [5.74, 6) is -0.406. The lowest BCUT2D eigenvalue weighted by Crippen LogP contribution is -2.36. The van der Waals surface area contributed by atoms with Gasteiger partial charge in [-0.25, -0.2) is 13.8 Å². The first-order chi connectivity index (χ1) is 13.1. The van der Waals surface area contributed by atoms with Gasteiger partial charge >= 0.3 is 0 Å². The molecule has 0 aliphatic carbocycles. The fourth-order valence-corrected chi connectivity index (χ4v) is 3.75. The van der Waals surface area contributed by atoms with Crippen molar-refractivity contribution in [3.05, 3.63) is 76.3 Å². The minimum atomic E-state index is -0.413. The summed E-state index contributed by atoms with van der Waals surface area (Å²) in [4.78, 5) is 19.1. The topological polar surface area (TPSA) is 38.1 Å². The van der Waals surface area contributed by atoms with Gasteiger partial charge in [0.15, 0.2) is 0 Å². The molecule has 1 aliphatic heterocycles. The Morgan fingerprint density at radius 3 is 2.67 bits per heavy atom. The number of para-hydroxylation sites is 1. The van der Waals surface area contributed by atoms with Crippen LogP contribution in [0, 0.1) is 17.6 Å². The smallest absolute Gasteiger partial charge is 0.261 e. The summed E-state index contributed by atoms with van der Waals surface area (Å²) < 4.78 is 28.8. The summed E-state index contributed by atoms with van der Waals surface area (Å²) in [7, 11) is 0. The Morgan fingerprint density at radius 1 is 1.07 bits per heavy atom. The summed E-state index contributed by atoms with van der Waals surface area (Å²) in [5.41, 5.74) is 1.10. The van der Waals surface area contributed by atoms with Crippen molar-refractivity contribution in [3.8, 4) is 0 Å². The number of halogens is 2. The highest BCUT2D eigenvalue weighted by atomic mass is 19.1. The zero-order valence-corrected chi connectivity index (χ0v) is 14.9. The molecule has 6 heteroatoms. The second kappa shape index (κ2) is 7.56. The molecule has 0 amide bonds. The van der Waals surface area contributed by atoms with Crippen molar-refractivity contribution >= 4 is 10.9 Å². The maximum absolute atomic E-state index is 13.8. The van der Waals surface area contributed by atoms with Crippen LogP contribution in [0.5, 0.6) is 0 Å². The number of benzene rings is 2. The highest BCUT2D eigenvalue weighted by molar-refractivity contribution is 5.76. The monoisotopic (exact) mass is 369 g/mol. The molecular formula is C21H21F2N3O. The van der Waals surface area contributed by atoms with E-state index in [0.717, 1.165) is 32.0 Å². The van der Waals surface area contributed by atoms with Crippen LogP contribution in [-0.4, -0.2) is 27.5 Å². The quantitative estimate of drug-likeness (QED) is 0.705. The van der Waals surface area contributed by atoms with Gasteiger partial charge in [-0.1, -0.05) is 12.1 Å². The van der Waals surface area contributed by atoms with Gasteiger partial charge in [0.05, 0.1) is 17.2 Å². The van der Waals surface area contributed by atoms with Crippen molar-refractivity contribution in [1.29, 1.82) is 0 Å². The van der Waals surface area contributed by atoms with Gasteiger partial charge in [-0.2, -0.15) is 0 Å². The van der Waals surface area contributed by atoms with E-state index in [4.69, 9.17) is 0 Å². The fourth-order valence-electron chi connectivity index (χ4n) is 3.75. The summed E-state index contributed by atoms with van der Waals surface area (Å²) >= 11 is 0. The number of likely N-dealkylation sites (tertiary alicyclic amines) is 1. The zero-order chi connectivity index (χ0) is 18.8. The predicted molar refractivity (Wildman–Crippen MR) is 100 cm³/mol. The lowest BCUT2D eigenvalue weighted by atomic mass is 9.96. The minimum absolute atomic E-state index is 0.00939. The van der Waals surface area contributed by atoms with Crippen molar-refractivity contribution in [2.24, 2.45) is 5.92 Å². The molecule has 0 unspecified atom stereocenters. The van der Waals surface area contributed by atoms with Crippen LogP contribution < -0.4 is 5.56 Å². The van der Waals surface area contributed by atoms with Crippen molar-refractivity contribution in [2.75, 3.05) is 13.1 Å². The molecule has 27 heavy (non-hydrogen) atoms. The van der Waals surface area contributed by atoms with E-state index in [1.54, 1.807) is 17.0 Å². The lowest BCUT2D eigenvalue weighted by molar-refractivity contribution is 0.164. The molecule has 4 rings (SSSR count). The average Bonchev–Trinajstić information content (AvgIpc) is 2.68. The zero-order valence-electron chi connectivity index (χ0n) is 14.9. The maximum Gasteiger partial charge on any atom is 0.261 e. The molecule has 0 atom stereocenters. The molecule has 0 bridgehead atoms. The fraction of sp³-hybridized carbons (Fsp3) is 0.333. The van der Waals surface area contributed by atoms with Crippen LogP contribution in [0.2, 0.25) is 0 Å².